The number of nitrogens with one attached hydrogen (secondary N) is 1. The lowest BCUT2D eigenvalue weighted by Gasteiger charge is -2.27. The zero-order valence-corrected chi connectivity index (χ0v) is 7.05. The van der Waals surface area contributed by atoms with E-state index in [9.17, 15) is 0 Å². The van der Waals surface area contributed by atoms with Gasteiger partial charge in [-0.3, -0.25) is 0 Å². The van der Waals surface area contributed by atoms with Gasteiger partial charge in [0.1, 0.15) is 0 Å². The van der Waals surface area contributed by atoms with Crippen molar-refractivity contribution in [2.45, 2.75) is 31.9 Å². The van der Waals surface area contributed by atoms with E-state index in [2.05, 4.69) is 5.32 Å². The molecule has 0 aromatic rings. The van der Waals surface area contributed by atoms with E-state index >= 15 is 0 Å². The zero-order chi connectivity index (χ0) is 8.10. The zero-order valence-electron chi connectivity index (χ0n) is 7.05. The fourth-order valence-electron chi connectivity index (χ4n) is 1.06. The Hall–Kier alpha value is -0.120. The van der Waals surface area contributed by atoms with Gasteiger partial charge in [0, 0.05) is 0 Å². The third-order valence-electron chi connectivity index (χ3n) is 1.87. The first-order valence-corrected chi connectivity index (χ1v) is 4.28. The summed E-state index contributed by atoms with van der Waals surface area (Å²) in [7, 11) is 0. The van der Waals surface area contributed by atoms with Crippen LogP contribution in [0.15, 0.2) is 0 Å². The smallest absolute Gasteiger partial charge is 0.0643 e. The minimum atomic E-state index is -0.158. The Morgan fingerprint density at radius 1 is 1.64 bits per heavy atom. The van der Waals surface area contributed by atoms with Gasteiger partial charge in [0.15, 0.2) is 0 Å². The molecule has 11 heavy (non-hydrogen) atoms. The average molecular weight is 159 g/mol. The number of hydrogen-bond donors (Lipinski definition) is 2. The number of hydrogen-bond acceptors (Lipinski definition) is 3. The largest absolute Gasteiger partial charge is 0.393 e. The van der Waals surface area contributed by atoms with E-state index in [-0.39, 0.29) is 6.10 Å². The molecule has 0 spiro atoms. The van der Waals surface area contributed by atoms with Crippen molar-refractivity contribution in [1.82, 2.24) is 5.32 Å². The van der Waals surface area contributed by atoms with Gasteiger partial charge in [0.05, 0.1) is 25.4 Å². The predicted molar refractivity (Wildman–Crippen MR) is 43.5 cm³/mol. The molecule has 1 aliphatic rings. The highest BCUT2D eigenvalue weighted by Crippen LogP contribution is 2.00. The standard InChI is InChI=1S/C8H17NO2/c1-7(10)3-2-4-9-8-5-11-6-8/h7-10H,2-6H2,1H3. The molecular weight excluding hydrogens is 142 g/mol. The highest BCUT2D eigenvalue weighted by molar-refractivity contribution is 4.72. The molecule has 1 heterocycles. The highest BCUT2D eigenvalue weighted by Gasteiger charge is 2.16. The van der Waals surface area contributed by atoms with E-state index in [1.54, 1.807) is 0 Å². The van der Waals surface area contributed by atoms with E-state index < -0.39 is 0 Å². The monoisotopic (exact) mass is 159 g/mol. The molecule has 0 aromatic carbocycles. The Labute approximate surface area is 67.7 Å². The van der Waals surface area contributed by atoms with Crippen molar-refractivity contribution in [3.8, 4) is 0 Å². The lowest BCUT2D eigenvalue weighted by Crippen LogP contribution is -2.46. The molecule has 1 aliphatic heterocycles. The van der Waals surface area contributed by atoms with Crippen molar-refractivity contribution < 1.29 is 9.84 Å². The van der Waals surface area contributed by atoms with Crippen molar-refractivity contribution in [2.75, 3.05) is 19.8 Å². The summed E-state index contributed by atoms with van der Waals surface area (Å²) >= 11 is 0. The molecule has 0 aromatic heterocycles. The van der Waals surface area contributed by atoms with Crippen LogP contribution >= 0.6 is 0 Å². The van der Waals surface area contributed by atoms with Gasteiger partial charge in [-0.15, -0.1) is 0 Å². The van der Waals surface area contributed by atoms with Crippen LogP contribution in [0.4, 0.5) is 0 Å². The van der Waals surface area contributed by atoms with Crippen molar-refractivity contribution in [3.05, 3.63) is 0 Å². The minimum Gasteiger partial charge on any atom is -0.393 e. The lowest BCUT2D eigenvalue weighted by atomic mass is 10.2. The average Bonchev–Trinajstić information content (AvgIpc) is 1.82. The molecule has 3 heteroatoms. The molecule has 2 N–H and O–H groups in total. The molecule has 1 fully saturated rings. The Kier molecular flexibility index (Phi) is 3.83. The van der Waals surface area contributed by atoms with E-state index in [4.69, 9.17) is 9.84 Å². The summed E-state index contributed by atoms with van der Waals surface area (Å²) in [4.78, 5) is 0. The highest BCUT2D eigenvalue weighted by atomic mass is 16.5. The summed E-state index contributed by atoms with van der Waals surface area (Å²) < 4.78 is 5.00. The van der Waals surface area contributed by atoms with Crippen molar-refractivity contribution in [3.63, 3.8) is 0 Å². The summed E-state index contributed by atoms with van der Waals surface area (Å²) in [6.07, 6.45) is 1.78. The van der Waals surface area contributed by atoms with Crippen LogP contribution in [0.2, 0.25) is 0 Å². The first-order valence-electron chi connectivity index (χ1n) is 4.28. The maximum atomic E-state index is 8.94. The van der Waals surface area contributed by atoms with Gasteiger partial charge in [-0.05, 0) is 26.3 Å². The van der Waals surface area contributed by atoms with Gasteiger partial charge >= 0.3 is 0 Å². The fourth-order valence-corrected chi connectivity index (χ4v) is 1.06. The summed E-state index contributed by atoms with van der Waals surface area (Å²) in [5.41, 5.74) is 0. The Morgan fingerprint density at radius 2 is 2.36 bits per heavy atom. The summed E-state index contributed by atoms with van der Waals surface area (Å²) in [5.74, 6) is 0. The molecule has 0 aliphatic carbocycles. The van der Waals surface area contributed by atoms with E-state index in [0.717, 1.165) is 32.6 Å². The number of aliphatic hydroxyl groups excluding tert-OH is 1. The van der Waals surface area contributed by atoms with Gasteiger partial charge in [0.25, 0.3) is 0 Å². The number of rotatable bonds is 5. The molecule has 1 unspecified atom stereocenters. The molecule has 1 rings (SSSR count). The summed E-state index contributed by atoms with van der Waals surface area (Å²) in [6.45, 7) is 4.54. The summed E-state index contributed by atoms with van der Waals surface area (Å²) in [5, 5.41) is 12.3. The van der Waals surface area contributed by atoms with E-state index in [0.29, 0.717) is 6.04 Å². The van der Waals surface area contributed by atoms with Crippen molar-refractivity contribution in [1.29, 1.82) is 0 Å². The molecule has 0 amide bonds. The molecule has 0 saturated carbocycles. The lowest BCUT2D eigenvalue weighted by molar-refractivity contribution is -0.00522. The van der Waals surface area contributed by atoms with Crippen LogP contribution in [-0.2, 0) is 4.74 Å². The Bertz CT molecular complexity index is 102. The number of ether oxygens (including phenoxy) is 1. The van der Waals surface area contributed by atoms with Crippen LogP contribution in [-0.4, -0.2) is 37.0 Å². The van der Waals surface area contributed by atoms with Crippen molar-refractivity contribution in [2.24, 2.45) is 0 Å². The fraction of sp³-hybridized carbons (Fsp3) is 1.00. The first kappa shape index (κ1) is 8.97. The molecule has 0 radical (unpaired) electrons. The summed E-state index contributed by atoms with van der Waals surface area (Å²) in [6, 6.07) is 0.573. The maximum absolute atomic E-state index is 8.94. The third-order valence-corrected chi connectivity index (χ3v) is 1.87. The third kappa shape index (κ3) is 3.70. The second-order valence-corrected chi connectivity index (χ2v) is 3.18. The topological polar surface area (TPSA) is 41.5 Å². The SMILES string of the molecule is CC(O)CCCNC1COC1. The maximum Gasteiger partial charge on any atom is 0.0643 e. The predicted octanol–water partition coefficient (Wildman–Crippen LogP) is 0.136. The molecule has 3 nitrogen and oxygen atoms in total. The van der Waals surface area contributed by atoms with Crippen LogP contribution in [0.5, 0.6) is 0 Å². The molecule has 66 valence electrons. The molecule has 1 saturated heterocycles. The van der Waals surface area contributed by atoms with E-state index in [1.165, 1.54) is 0 Å². The first-order chi connectivity index (χ1) is 5.29. The quantitative estimate of drug-likeness (QED) is 0.560. The van der Waals surface area contributed by atoms with Crippen molar-refractivity contribution >= 4 is 0 Å². The second-order valence-electron chi connectivity index (χ2n) is 3.18. The number of aliphatic hydroxyl groups is 1. The molecule has 1 atom stereocenters. The van der Waals surface area contributed by atoms with Crippen LogP contribution in [0.1, 0.15) is 19.8 Å². The van der Waals surface area contributed by atoms with Crippen LogP contribution in [0.3, 0.4) is 0 Å². The Balaban J connectivity index is 1.80. The Morgan fingerprint density at radius 3 is 2.82 bits per heavy atom. The molecule has 0 bridgehead atoms. The van der Waals surface area contributed by atoms with Gasteiger partial charge in [-0.25, -0.2) is 0 Å². The molecular formula is C8H17NO2. The van der Waals surface area contributed by atoms with Crippen LogP contribution in [0, 0.1) is 0 Å². The van der Waals surface area contributed by atoms with E-state index in [1.807, 2.05) is 6.92 Å². The normalized spacial score (nSPS) is 21.3. The van der Waals surface area contributed by atoms with Crippen LogP contribution in [0.25, 0.3) is 0 Å². The van der Waals surface area contributed by atoms with Gasteiger partial charge in [0.2, 0.25) is 0 Å². The van der Waals surface area contributed by atoms with Crippen LogP contribution < -0.4 is 5.32 Å². The minimum absolute atomic E-state index is 0.158. The second kappa shape index (κ2) is 4.70. The van der Waals surface area contributed by atoms with Gasteiger partial charge in [-0.2, -0.15) is 0 Å². The van der Waals surface area contributed by atoms with Gasteiger partial charge < -0.3 is 15.2 Å². The van der Waals surface area contributed by atoms with Gasteiger partial charge in [-0.1, -0.05) is 0 Å².